The number of rotatable bonds is 8. The van der Waals surface area contributed by atoms with Crippen molar-refractivity contribution >= 4 is 11.9 Å². The molecule has 0 radical (unpaired) electrons. The second kappa shape index (κ2) is 8.39. The molecule has 0 saturated heterocycles. The van der Waals surface area contributed by atoms with Gasteiger partial charge in [-0.25, -0.2) is 4.39 Å². The first kappa shape index (κ1) is 17.1. The normalized spacial score (nSPS) is 12.0. The standard InChI is InChI=1S/C16H22FNO3/c1-3-7-18(11-16(20)21)15(19)9-12(2)8-13-5-4-6-14(17)10-13/h4-6,10,12H,3,7-9,11H2,1-2H3,(H,20,21). The lowest BCUT2D eigenvalue weighted by molar-refractivity contribution is -0.144. The molecule has 1 aromatic carbocycles. The monoisotopic (exact) mass is 295 g/mol. The molecule has 1 atom stereocenters. The Kier molecular flexibility index (Phi) is 6.85. The van der Waals surface area contributed by atoms with Gasteiger partial charge in [-0.3, -0.25) is 9.59 Å². The van der Waals surface area contributed by atoms with E-state index in [0.717, 1.165) is 12.0 Å². The summed E-state index contributed by atoms with van der Waals surface area (Å²) in [6, 6.07) is 6.31. The molecule has 0 saturated carbocycles. The molecule has 1 N–H and O–H groups in total. The van der Waals surface area contributed by atoms with Gasteiger partial charge in [-0.2, -0.15) is 0 Å². The van der Waals surface area contributed by atoms with E-state index in [1.54, 1.807) is 6.07 Å². The zero-order valence-electron chi connectivity index (χ0n) is 12.5. The van der Waals surface area contributed by atoms with Crippen LogP contribution in [0.5, 0.6) is 0 Å². The first-order chi connectivity index (χ1) is 9.92. The van der Waals surface area contributed by atoms with Gasteiger partial charge in [0.1, 0.15) is 12.4 Å². The van der Waals surface area contributed by atoms with E-state index >= 15 is 0 Å². The van der Waals surface area contributed by atoms with Gasteiger partial charge in [0.25, 0.3) is 0 Å². The minimum Gasteiger partial charge on any atom is -0.480 e. The lowest BCUT2D eigenvalue weighted by Crippen LogP contribution is -2.37. The Morgan fingerprint density at radius 1 is 1.38 bits per heavy atom. The fourth-order valence-corrected chi connectivity index (χ4v) is 2.29. The number of carboxylic acids is 1. The number of hydrogen-bond acceptors (Lipinski definition) is 2. The average molecular weight is 295 g/mol. The van der Waals surface area contributed by atoms with Gasteiger partial charge in [0.15, 0.2) is 0 Å². The number of carbonyl (C=O) groups is 2. The van der Waals surface area contributed by atoms with E-state index in [2.05, 4.69) is 0 Å². The lowest BCUT2D eigenvalue weighted by Gasteiger charge is -2.22. The van der Waals surface area contributed by atoms with Crippen LogP contribution in [0.15, 0.2) is 24.3 Å². The van der Waals surface area contributed by atoms with E-state index in [-0.39, 0.29) is 30.6 Å². The summed E-state index contributed by atoms with van der Waals surface area (Å²) < 4.78 is 13.1. The van der Waals surface area contributed by atoms with E-state index < -0.39 is 5.97 Å². The fourth-order valence-electron chi connectivity index (χ4n) is 2.29. The molecule has 116 valence electrons. The van der Waals surface area contributed by atoms with Crippen LogP contribution in [-0.4, -0.2) is 35.0 Å². The van der Waals surface area contributed by atoms with E-state index in [1.807, 2.05) is 19.9 Å². The van der Waals surface area contributed by atoms with Crippen LogP contribution in [0.1, 0.15) is 32.3 Å². The number of nitrogens with zero attached hydrogens (tertiary/aromatic N) is 1. The number of carbonyl (C=O) groups excluding carboxylic acids is 1. The Bertz CT molecular complexity index is 490. The maximum absolute atomic E-state index is 13.1. The van der Waals surface area contributed by atoms with Crippen LogP contribution in [0.2, 0.25) is 0 Å². The van der Waals surface area contributed by atoms with Crippen LogP contribution in [0.4, 0.5) is 4.39 Å². The summed E-state index contributed by atoms with van der Waals surface area (Å²) in [7, 11) is 0. The van der Waals surface area contributed by atoms with Crippen molar-refractivity contribution in [1.29, 1.82) is 0 Å². The van der Waals surface area contributed by atoms with Crippen molar-refractivity contribution in [3.05, 3.63) is 35.6 Å². The Morgan fingerprint density at radius 2 is 2.10 bits per heavy atom. The molecule has 4 nitrogen and oxygen atoms in total. The fraction of sp³-hybridized carbons (Fsp3) is 0.500. The Labute approximate surface area is 124 Å². The zero-order chi connectivity index (χ0) is 15.8. The first-order valence-electron chi connectivity index (χ1n) is 7.16. The molecule has 1 unspecified atom stereocenters. The molecular formula is C16H22FNO3. The summed E-state index contributed by atoms with van der Waals surface area (Å²) in [5.74, 6) is -1.42. The molecule has 0 aliphatic rings. The van der Waals surface area contributed by atoms with E-state index in [1.165, 1.54) is 17.0 Å². The number of aliphatic carboxylic acids is 1. The van der Waals surface area contributed by atoms with Gasteiger partial charge in [-0.15, -0.1) is 0 Å². The molecule has 21 heavy (non-hydrogen) atoms. The zero-order valence-corrected chi connectivity index (χ0v) is 12.5. The number of halogens is 1. The van der Waals surface area contributed by atoms with Crippen LogP contribution in [0.3, 0.4) is 0 Å². The molecule has 0 aromatic heterocycles. The molecule has 0 spiro atoms. The summed E-state index contributed by atoms with van der Waals surface area (Å²) in [6.07, 6.45) is 1.58. The smallest absolute Gasteiger partial charge is 0.323 e. The van der Waals surface area contributed by atoms with Crippen LogP contribution in [-0.2, 0) is 16.0 Å². The van der Waals surface area contributed by atoms with Crippen molar-refractivity contribution in [2.45, 2.75) is 33.1 Å². The Hall–Kier alpha value is -1.91. The third-order valence-electron chi connectivity index (χ3n) is 3.17. The van der Waals surface area contributed by atoms with Gasteiger partial charge in [-0.1, -0.05) is 26.0 Å². The minimum absolute atomic E-state index is 0.0347. The highest BCUT2D eigenvalue weighted by Gasteiger charge is 2.18. The lowest BCUT2D eigenvalue weighted by atomic mass is 9.97. The van der Waals surface area contributed by atoms with Gasteiger partial charge in [-0.05, 0) is 36.5 Å². The van der Waals surface area contributed by atoms with Crippen LogP contribution in [0.25, 0.3) is 0 Å². The van der Waals surface area contributed by atoms with Gasteiger partial charge in [0, 0.05) is 13.0 Å². The third kappa shape index (κ3) is 6.38. The highest BCUT2D eigenvalue weighted by atomic mass is 19.1. The highest BCUT2D eigenvalue weighted by molar-refractivity contribution is 5.81. The second-order valence-corrected chi connectivity index (χ2v) is 5.35. The topological polar surface area (TPSA) is 57.6 Å². The average Bonchev–Trinajstić information content (AvgIpc) is 2.37. The van der Waals surface area contributed by atoms with Crippen LogP contribution < -0.4 is 0 Å². The van der Waals surface area contributed by atoms with Crippen molar-refractivity contribution in [3.63, 3.8) is 0 Å². The predicted molar refractivity (Wildman–Crippen MR) is 78.4 cm³/mol. The summed E-state index contributed by atoms with van der Waals surface area (Å²) in [4.78, 5) is 24.3. The number of amides is 1. The maximum atomic E-state index is 13.1. The van der Waals surface area contributed by atoms with Crippen molar-refractivity contribution < 1.29 is 19.1 Å². The van der Waals surface area contributed by atoms with E-state index in [4.69, 9.17) is 5.11 Å². The Balaban J connectivity index is 2.57. The quantitative estimate of drug-likeness (QED) is 0.802. The molecule has 0 bridgehead atoms. The van der Waals surface area contributed by atoms with Crippen LogP contribution >= 0.6 is 0 Å². The summed E-state index contributed by atoms with van der Waals surface area (Å²) >= 11 is 0. The van der Waals surface area contributed by atoms with Gasteiger partial charge in [0.2, 0.25) is 5.91 Å². The molecule has 0 heterocycles. The number of hydrogen-bond donors (Lipinski definition) is 1. The predicted octanol–water partition coefficient (Wildman–Crippen LogP) is 2.72. The molecule has 0 fully saturated rings. The molecule has 0 aliphatic heterocycles. The van der Waals surface area contributed by atoms with Crippen molar-refractivity contribution in [2.24, 2.45) is 5.92 Å². The van der Waals surface area contributed by atoms with Crippen molar-refractivity contribution in [3.8, 4) is 0 Å². The minimum atomic E-state index is -1.01. The maximum Gasteiger partial charge on any atom is 0.323 e. The van der Waals surface area contributed by atoms with Gasteiger partial charge >= 0.3 is 5.97 Å². The second-order valence-electron chi connectivity index (χ2n) is 5.35. The molecule has 1 aromatic rings. The molecule has 1 rings (SSSR count). The summed E-state index contributed by atoms with van der Waals surface area (Å²) in [5.41, 5.74) is 0.843. The number of benzene rings is 1. The molecule has 5 heteroatoms. The van der Waals surface area contributed by atoms with Gasteiger partial charge in [0.05, 0.1) is 0 Å². The SMILES string of the molecule is CCCN(CC(=O)O)C(=O)CC(C)Cc1cccc(F)c1. The molecule has 0 aliphatic carbocycles. The van der Waals surface area contributed by atoms with Crippen molar-refractivity contribution in [1.82, 2.24) is 4.90 Å². The van der Waals surface area contributed by atoms with E-state index in [0.29, 0.717) is 13.0 Å². The van der Waals surface area contributed by atoms with Crippen LogP contribution in [0, 0.1) is 11.7 Å². The third-order valence-corrected chi connectivity index (χ3v) is 3.17. The molecular weight excluding hydrogens is 273 g/mol. The number of carboxylic acid groups (broad SMARTS) is 1. The Morgan fingerprint density at radius 3 is 2.67 bits per heavy atom. The summed E-state index contributed by atoms with van der Waals surface area (Å²) in [5, 5.41) is 8.82. The molecule has 1 amide bonds. The highest BCUT2D eigenvalue weighted by Crippen LogP contribution is 2.14. The summed E-state index contributed by atoms with van der Waals surface area (Å²) in [6.45, 7) is 3.99. The largest absolute Gasteiger partial charge is 0.480 e. The van der Waals surface area contributed by atoms with Crippen molar-refractivity contribution in [2.75, 3.05) is 13.1 Å². The first-order valence-corrected chi connectivity index (χ1v) is 7.16. The van der Waals surface area contributed by atoms with Gasteiger partial charge < -0.3 is 10.0 Å². The van der Waals surface area contributed by atoms with E-state index in [9.17, 15) is 14.0 Å².